The van der Waals surface area contributed by atoms with E-state index in [4.69, 9.17) is 4.74 Å². The first-order chi connectivity index (χ1) is 9.31. The molecule has 1 rings (SSSR count). The van der Waals surface area contributed by atoms with Gasteiger partial charge in [0, 0.05) is 6.07 Å². The SMILES string of the molecule is CC(=O)C(NC(=O)COc1ccc(F)cc1F)C(C)C. The van der Waals surface area contributed by atoms with E-state index in [1.807, 2.05) is 0 Å². The van der Waals surface area contributed by atoms with Crippen LogP contribution in [0.15, 0.2) is 18.2 Å². The fraction of sp³-hybridized carbons (Fsp3) is 0.429. The van der Waals surface area contributed by atoms with Gasteiger partial charge in [0.1, 0.15) is 5.82 Å². The Morgan fingerprint density at radius 1 is 1.30 bits per heavy atom. The topological polar surface area (TPSA) is 55.4 Å². The molecule has 4 nitrogen and oxygen atoms in total. The molecule has 1 unspecified atom stereocenters. The predicted molar refractivity (Wildman–Crippen MR) is 69.3 cm³/mol. The van der Waals surface area contributed by atoms with E-state index < -0.39 is 30.2 Å². The van der Waals surface area contributed by atoms with Crippen molar-refractivity contribution in [1.82, 2.24) is 5.32 Å². The van der Waals surface area contributed by atoms with Crippen LogP contribution in [-0.2, 0) is 9.59 Å². The summed E-state index contributed by atoms with van der Waals surface area (Å²) in [6, 6.07) is 2.19. The summed E-state index contributed by atoms with van der Waals surface area (Å²) in [7, 11) is 0. The zero-order chi connectivity index (χ0) is 15.3. The van der Waals surface area contributed by atoms with Crippen molar-refractivity contribution < 1.29 is 23.1 Å². The van der Waals surface area contributed by atoms with Crippen LogP contribution in [-0.4, -0.2) is 24.3 Å². The number of Topliss-reactive ketones (excluding diaryl/α,β-unsaturated/α-hetero) is 1. The average Bonchev–Trinajstić information content (AvgIpc) is 2.34. The van der Waals surface area contributed by atoms with E-state index in [1.54, 1.807) is 13.8 Å². The third kappa shape index (κ3) is 4.60. The van der Waals surface area contributed by atoms with Crippen LogP contribution in [0.4, 0.5) is 8.78 Å². The maximum atomic E-state index is 13.3. The molecule has 0 spiro atoms. The van der Waals surface area contributed by atoms with E-state index >= 15 is 0 Å². The van der Waals surface area contributed by atoms with E-state index in [0.29, 0.717) is 6.07 Å². The summed E-state index contributed by atoms with van der Waals surface area (Å²) in [6.07, 6.45) is 0. The minimum absolute atomic E-state index is 0.0565. The van der Waals surface area contributed by atoms with Gasteiger partial charge in [-0.2, -0.15) is 0 Å². The van der Waals surface area contributed by atoms with Crippen molar-refractivity contribution in [3.8, 4) is 5.75 Å². The van der Waals surface area contributed by atoms with Crippen LogP contribution in [0.5, 0.6) is 5.75 Å². The lowest BCUT2D eigenvalue weighted by molar-refractivity contribution is -0.129. The first kappa shape index (κ1) is 16.1. The molecule has 0 heterocycles. The molecule has 1 aromatic rings. The van der Waals surface area contributed by atoms with Gasteiger partial charge < -0.3 is 10.1 Å². The number of ether oxygens (including phenoxy) is 1. The molecule has 0 aromatic heterocycles. The van der Waals surface area contributed by atoms with Gasteiger partial charge in [0.15, 0.2) is 24.0 Å². The number of ketones is 1. The third-order valence-corrected chi connectivity index (χ3v) is 2.67. The van der Waals surface area contributed by atoms with Crippen molar-refractivity contribution in [2.24, 2.45) is 5.92 Å². The predicted octanol–water partition coefficient (Wildman–Crippen LogP) is 2.07. The van der Waals surface area contributed by atoms with Gasteiger partial charge in [-0.15, -0.1) is 0 Å². The second-order valence-corrected chi connectivity index (χ2v) is 4.76. The van der Waals surface area contributed by atoms with Gasteiger partial charge in [-0.1, -0.05) is 13.8 Å². The number of carbonyl (C=O) groups is 2. The number of hydrogen-bond donors (Lipinski definition) is 1. The summed E-state index contributed by atoms with van der Waals surface area (Å²) in [6.45, 7) is 4.53. The summed E-state index contributed by atoms with van der Waals surface area (Å²) in [5, 5.41) is 2.51. The number of carbonyl (C=O) groups excluding carboxylic acids is 2. The molecule has 0 radical (unpaired) electrons. The second-order valence-electron chi connectivity index (χ2n) is 4.76. The lowest BCUT2D eigenvalue weighted by atomic mass is 10.0. The largest absolute Gasteiger partial charge is 0.481 e. The van der Waals surface area contributed by atoms with Gasteiger partial charge >= 0.3 is 0 Å². The highest BCUT2D eigenvalue weighted by Gasteiger charge is 2.20. The Balaban J connectivity index is 2.57. The summed E-state index contributed by atoms with van der Waals surface area (Å²) < 4.78 is 30.9. The molecular weight excluding hydrogens is 268 g/mol. The van der Waals surface area contributed by atoms with Crippen LogP contribution < -0.4 is 10.1 Å². The zero-order valence-electron chi connectivity index (χ0n) is 11.6. The highest BCUT2D eigenvalue weighted by atomic mass is 19.1. The lowest BCUT2D eigenvalue weighted by Crippen LogP contribution is -2.45. The van der Waals surface area contributed by atoms with Crippen LogP contribution in [0.1, 0.15) is 20.8 Å². The molecule has 0 fully saturated rings. The van der Waals surface area contributed by atoms with E-state index in [1.165, 1.54) is 6.92 Å². The number of rotatable bonds is 6. The maximum absolute atomic E-state index is 13.3. The lowest BCUT2D eigenvalue weighted by Gasteiger charge is -2.19. The van der Waals surface area contributed by atoms with Crippen LogP contribution >= 0.6 is 0 Å². The molecule has 1 atom stereocenters. The Hall–Kier alpha value is -1.98. The van der Waals surface area contributed by atoms with Crippen LogP contribution in [0, 0.1) is 17.6 Å². The van der Waals surface area contributed by atoms with Crippen LogP contribution in [0.25, 0.3) is 0 Å². The fourth-order valence-electron chi connectivity index (χ4n) is 1.69. The average molecular weight is 285 g/mol. The Labute approximate surface area is 116 Å². The minimum atomic E-state index is -0.884. The minimum Gasteiger partial charge on any atom is -0.481 e. The number of benzene rings is 1. The van der Waals surface area contributed by atoms with Gasteiger partial charge in [0.25, 0.3) is 5.91 Å². The molecule has 20 heavy (non-hydrogen) atoms. The monoisotopic (exact) mass is 285 g/mol. The van der Waals surface area contributed by atoms with E-state index in [2.05, 4.69) is 5.32 Å². The standard InChI is InChI=1S/C14H17F2NO3/c1-8(2)14(9(3)18)17-13(19)7-20-12-5-4-10(15)6-11(12)16/h4-6,8,14H,7H2,1-3H3,(H,17,19). The molecule has 0 saturated heterocycles. The van der Waals surface area contributed by atoms with Crippen LogP contribution in [0.3, 0.4) is 0 Å². The fourth-order valence-corrected chi connectivity index (χ4v) is 1.69. The summed E-state index contributed by atoms with van der Waals surface area (Å²) in [4.78, 5) is 23.0. The molecule has 0 aliphatic heterocycles. The van der Waals surface area contributed by atoms with Gasteiger partial charge in [-0.3, -0.25) is 9.59 Å². The first-order valence-corrected chi connectivity index (χ1v) is 6.19. The molecule has 110 valence electrons. The highest BCUT2D eigenvalue weighted by Crippen LogP contribution is 2.17. The third-order valence-electron chi connectivity index (χ3n) is 2.67. The molecule has 0 aliphatic rings. The Bertz CT molecular complexity index is 503. The molecule has 0 bridgehead atoms. The van der Waals surface area contributed by atoms with Crippen molar-refractivity contribution >= 4 is 11.7 Å². The van der Waals surface area contributed by atoms with E-state index in [9.17, 15) is 18.4 Å². The number of amides is 1. The smallest absolute Gasteiger partial charge is 0.258 e. The van der Waals surface area contributed by atoms with Gasteiger partial charge in [0.2, 0.25) is 0 Å². The zero-order valence-corrected chi connectivity index (χ0v) is 11.6. The van der Waals surface area contributed by atoms with Crippen molar-refractivity contribution in [2.75, 3.05) is 6.61 Å². The van der Waals surface area contributed by atoms with Gasteiger partial charge in [-0.25, -0.2) is 8.78 Å². The van der Waals surface area contributed by atoms with Crippen molar-refractivity contribution in [1.29, 1.82) is 0 Å². The Morgan fingerprint density at radius 3 is 2.45 bits per heavy atom. The molecule has 0 aliphatic carbocycles. The normalized spacial score (nSPS) is 12.1. The van der Waals surface area contributed by atoms with Gasteiger partial charge in [0.05, 0.1) is 6.04 Å². The summed E-state index contributed by atoms with van der Waals surface area (Å²) in [5.74, 6) is -2.59. The molecule has 1 N–H and O–H groups in total. The quantitative estimate of drug-likeness (QED) is 0.870. The number of halogens is 2. The van der Waals surface area contributed by atoms with Crippen molar-refractivity contribution in [3.63, 3.8) is 0 Å². The van der Waals surface area contributed by atoms with Crippen LogP contribution in [0.2, 0.25) is 0 Å². The van der Waals surface area contributed by atoms with E-state index in [-0.39, 0.29) is 17.5 Å². The van der Waals surface area contributed by atoms with Crippen molar-refractivity contribution in [2.45, 2.75) is 26.8 Å². The van der Waals surface area contributed by atoms with Crippen molar-refractivity contribution in [3.05, 3.63) is 29.8 Å². The Morgan fingerprint density at radius 2 is 1.95 bits per heavy atom. The first-order valence-electron chi connectivity index (χ1n) is 6.19. The summed E-state index contributed by atoms with van der Waals surface area (Å²) >= 11 is 0. The van der Waals surface area contributed by atoms with E-state index in [0.717, 1.165) is 12.1 Å². The molecule has 6 heteroatoms. The summed E-state index contributed by atoms with van der Waals surface area (Å²) in [5.41, 5.74) is 0. The number of hydrogen-bond acceptors (Lipinski definition) is 3. The highest BCUT2D eigenvalue weighted by molar-refractivity contribution is 5.88. The Kier molecular flexibility index (Phi) is 5.61. The van der Waals surface area contributed by atoms with Gasteiger partial charge in [-0.05, 0) is 25.0 Å². The number of nitrogens with one attached hydrogen (secondary N) is 1. The maximum Gasteiger partial charge on any atom is 0.258 e. The second kappa shape index (κ2) is 6.98. The molecule has 0 saturated carbocycles. The molecule has 1 aromatic carbocycles. The molecule has 1 amide bonds. The molecular formula is C14H17F2NO3.